The van der Waals surface area contributed by atoms with E-state index in [4.69, 9.17) is 4.74 Å². The number of fused-ring (bicyclic) bond motifs is 1. The van der Waals surface area contributed by atoms with Gasteiger partial charge in [-0.15, -0.1) is 0 Å². The van der Waals surface area contributed by atoms with Crippen LogP contribution in [0.2, 0.25) is 0 Å². The van der Waals surface area contributed by atoms with Crippen molar-refractivity contribution >= 4 is 17.0 Å². The van der Waals surface area contributed by atoms with E-state index in [2.05, 4.69) is 9.97 Å². The molecule has 0 spiro atoms. The van der Waals surface area contributed by atoms with Crippen molar-refractivity contribution in [1.29, 1.82) is 0 Å². The van der Waals surface area contributed by atoms with E-state index in [9.17, 15) is 9.90 Å². The van der Waals surface area contributed by atoms with Crippen LogP contribution in [0.4, 0.5) is 0 Å². The third-order valence-electron chi connectivity index (χ3n) is 3.31. The number of phenolic OH excluding ortho intramolecular Hbond substituents is 1. The van der Waals surface area contributed by atoms with Gasteiger partial charge in [-0.2, -0.15) is 0 Å². The summed E-state index contributed by atoms with van der Waals surface area (Å²) in [4.78, 5) is 20.9. The Hall–Kier alpha value is -2.95. The average molecular weight is 294 g/mol. The van der Waals surface area contributed by atoms with E-state index in [0.29, 0.717) is 11.4 Å². The third-order valence-corrected chi connectivity index (χ3v) is 3.31. The van der Waals surface area contributed by atoms with Gasteiger partial charge >= 0.3 is 5.97 Å². The molecular formula is C17H14N2O3. The highest BCUT2D eigenvalue weighted by molar-refractivity contribution is 5.92. The van der Waals surface area contributed by atoms with E-state index >= 15 is 0 Å². The van der Waals surface area contributed by atoms with Crippen LogP contribution in [-0.4, -0.2) is 21.0 Å². The lowest BCUT2D eigenvalue weighted by molar-refractivity contribution is 0.0463. The van der Waals surface area contributed by atoms with E-state index in [1.807, 2.05) is 31.2 Å². The van der Waals surface area contributed by atoms with Gasteiger partial charge in [-0.05, 0) is 31.2 Å². The summed E-state index contributed by atoms with van der Waals surface area (Å²) < 4.78 is 5.22. The Morgan fingerprint density at radius 2 is 1.68 bits per heavy atom. The highest BCUT2D eigenvalue weighted by atomic mass is 16.5. The molecule has 1 aromatic heterocycles. The molecule has 0 bridgehead atoms. The van der Waals surface area contributed by atoms with Gasteiger partial charge in [0.15, 0.2) is 0 Å². The van der Waals surface area contributed by atoms with Gasteiger partial charge < -0.3 is 9.84 Å². The third kappa shape index (κ3) is 2.74. The van der Waals surface area contributed by atoms with E-state index in [-0.39, 0.29) is 17.9 Å². The first-order valence-corrected chi connectivity index (χ1v) is 6.82. The number of aryl methyl sites for hydroxylation is 1. The van der Waals surface area contributed by atoms with Crippen LogP contribution in [0.3, 0.4) is 0 Å². The SMILES string of the molecule is Cc1nc2ccccc2nc1COC(=O)c1ccccc1O. The van der Waals surface area contributed by atoms with Gasteiger partial charge in [-0.1, -0.05) is 24.3 Å². The highest BCUT2D eigenvalue weighted by Crippen LogP contribution is 2.18. The predicted molar refractivity (Wildman–Crippen MR) is 81.5 cm³/mol. The lowest BCUT2D eigenvalue weighted by atomic mass is 10.2. The Bertz CT molecular complexity index is 846. The molecule has 0 radical (unpaired) electrons. The number of ether oxygens (including phenoxy) is 1. The zero-order valence-electron chi connectivity index (χ0n) is 12.0. The molecule has 1 N–H and O–H groups in total. The van der Waals surface area contributed by atoms with E-state index in [1.165, 1.54) is 12.1 Å². The molecule has 0 saturated heterocycles. The van der Waals surface area contributed by atoms with Gasteiger partial charge in [0.25, 0.3) is 0 Å². The summed E-state index contributed by atoms with van der Waals surface area (Å²) in [7, 11) is 0. The number of hydrogen-bond acceptors (Lipinski definition) is 5. The van der Waals surface area contributed by atoms with Crippen molar-refractivity contribution in [2.24, 2.45) is 0 Å². The summed E-state index contributed by atoms with van der Waals surface area (Å²) >= 11 is 0. The fraction of sp³-hybridized carbons (Fsp3) is 0.118. The van der Waals surface area contributed by atoms with Crippen molar-refractivity contribution in [1.82, 2.24) is 9.97 Å². The Labute approximate surface area is 127 Å². The minimum Gasteiger partial charge on any atom is -0.507 e. The summed E-state index contributed by atoms with van der Waals surface area (Å²) in [6, 6.07) is 13.8. The minimum atomic E-state index is -0.590. The molecule has 5 nitrogen and oxygen atoms in total. The Balaban J connectivity index is 1.80. The second-order valence-electron chi connectivity index (χ2n) is 4.84. The molecule has 2 aromatic carbocycles. The van der Waals surface area contributed by atoms with Crippen LogP contribution < -0.4 is 0 Å². The van der Waals surface area contributed by atoms with E-state index in [0.717, 1.165) is 11.0 Å². The van der Waals surface area contributed by atoms with Gasteiger partial charge in [0.2, 0.25) is 0 Å². The average Bonchev–Trinajstić information content (AvgIpc) is 2.53. The number of esters is 1. The number of nitrogens with zero attached hydrogens (tertiary/aromatic N) is 2. The molecule has 1 heterocycles. The molecule has 3 rings (SSSR count). The van der Waals surface area contributed by atoms with E-state index < -0.39 is 5.97 Å². The molecule has 0 unspecified atom stereocenters. The number of rotatable bonds is 3. The van der Waals surface area contributed by atoms with Crippen molar-refractivity contribution in [2.45, 2.75) is 13.5 Å². The van der Waals surface area contributed by atoms with Crippen molar-refractivity contribution in [2.75, 3.05) is 0 Å². The maximum atomic E-state index is 12.0. The van der Waals surface area contributed by atoms with Crippen LogP contribution in [0.25, 0.3) is 11.0 Å². The number of aromatic nitrogens is 2. The van der Waals surface area contributed by atoms with Gasteiger partial charge in [-0.25, -0.2) is 14.8 Å². The first-order valence-electron chi connectivity index (χ1n) is 6.82. The van der Waals surface area contributed by atoms with Gasteiger partial charge in [0.05, 0.1) is 22.4 Å². The minimum absolute atomic E-state index is 0.0107. The standard InChI is InChI=1S/C17H14N2O3/c1-11-15(19-14-8-4-3-7-13(14)18-11)10-22-17(21)12-6-2-5-9-16(12)20/h2-9,20H,10H2,1H3. The molecule has 0 fully saturated rings. The molecular weight excluding hydrogens is 280 g/mol. The molecule has 110 valence electrons. The topological polar surface area (TPSA) is 72.3 Å². The number of phenols is 1. The largest absolute Gasteiger partial charge is 0.507 e. The molecule has 0 aliphatic rings. The molecule has 0 aliphatic heterocycles. The predicted octanol–water partition coefficient (Wildman–Crippen LogP) is 3.00. The molecule has 5 heteroatoms. The maximum Gasteiger partial charge on any atom is 0.342 e. The normalized spacial score (nSPS) is 10.6. The van der Waals surface area contributed by atoms with Crippen molar-refractivity contribution in [3.63, 3.8) is 0 Å². The number of para-hydroxylation sites is 3. The van der Waals surface area contributed by atoms with Crippen LogP contribution in [0.15, 0.2) is 48.5 Å². The fourth-order valence-corrected chi connectivity index (χ4v) is 2.12. The summed E-state index contributed by atoms with van der Waals surface area (Å²) in [5.41, 5.74) is 3.00. The smallest absolute Gasteiger partial charge is 0.342 e. The Morgan fingerprint density at radius 1 is 1.05 bits per heavy atom. The Kier molecular flexibility index (Phi) is 3.70. The molecule has 22 heavy (non-hydrogen) atoms. The molecule has 0 amide bonds. The number of hydrogen-bond donors (Lipinski definition) is 1. The summed E-state index contributed by atoms with van der Waals surface area (Å²) in [6.45, 7) is 1.83. The number of carbonyl (C=O) groups is 1. The summed E-state index contributed by atoms with van der Waals surface area (Å²) in [6.07, 6.45) is 0. The number of aromatic hydroxyl groups is 1. The van der Waals surface area contributed by atoms with Gasteiger partial charge in [-0.3, -0.25) is 0 Å². The summed E-state index contributed by atoms with van der Waals surface area (Å²) in [5, 5.41) is 9.65. The van der Waals surface area contributed by atoms with Crippen molar-refractivity contribution in [3.05, 3.63) is 65.5 Å². The van der Waals surface area contributed by atoms with Crippen molar-refractivity contribution < 1.29 is 14.6 Å². The second kappa shape index (κ2) is 5.81. The molecule has 3 aromatic rings. The maximum absolute atomic E-state index is 12.0. The molecule has 0 aliphatic carbocycles. The van der Waals surface area contributed by atoms with Crippen LogP contribution in [0.5, 0.6) is 5.75 Å². The lowest BCUT2D eigenvalue weighted by Crippen LogP contribution is -2.08. The lowest BCUT2D eigenvalue weighted by Gasteiger charge is -2.08. The summed E-state index contributed by atoms with van der Waals surface area (Å²) in [5.74, 6) is -0.693. The molecule has 0 atom stereocenters. The Morgan fingerprint density at radius 3 is 2.41 bits per heavy atom. The first kappa shape index (κ1) is 14.0. The van der Waals surface area contributed by atoms with Crippen molar-refractivity contribution in [3.8, 4) is 5.75 Å². The first-order chi connectivity index (χ1) is 10.6. The van der Waals surface area contributed by atoms with E-state index in [1.54, 1.807) is 12.1 Å². The quantitative estimate of drug-likeness (QED) is 0.752. The van der Waals surface area contributed by atoms with Gasteiger partial charge in [0, 0.05) is 0 Å². The zero-order valence-corrected chi connectivity index (χ0v) is 12.0. The van der Waals surface area contributed by atoms with Crippen LogP contribution >= 0.6 is 0 Å². The number of carbonyl (C=O) groups excluding carboxylic acids is 1. The van der Waals surface area contributed by atoms with Crippen LogP contribution in [0, 0.1) is 6.92 Å². The highest BCUT2D eigenvalue weighted by Gasteiger charge is 2.13. The molecule has 0 saturated carbocycles. The van der Waals surface area contributed by atoms with Crippen LogP contribution in [0.1, 0.15) is 21.7 Å². The fourth-order valence-electron chi connectivity index (χ4n) is 2.12. The second-order valence-corrected chi connectivity index (χ2v) is 4.84. The van der Waals surface area contributed by atoms with Gasteiger partial charge in [0.1, 0.15) is 17.9 Å². The number of benzene rings is 2. The monoisotopic (exact) mass is 294 g/mol. The van der Waals surface area contributed by atoms with Crippen LogP contribution in [-0.2, 0) is 11.3 Å². The zero-order chi connectivity index (χ0) is 15.5.